The molecule has 3 aromatic rings. The van der Waals surface area contributed by atoms with E-state index >= 15 is 0 Å². The largest absolute Gasteiger partial charge is 0.492 e. The van der Waals surface area contributed by atoms with Gasteiger partial charge in [0.15, 0.2) is 0 Å². The molecule has 0 aromatic heterocycles. The lowest BCUT2D eigenvalue weighted by Crippen LogP contribution is -2.29. The molecule has 0 radical (unpaired) electrons. The third kappa shape index (κ3) is 8.29. The van der Waals surface area contributed by atoms with Gasteiger partial charge in [0, 0.05) is 43.7 Å². The molecule has 0 spiro atoms. The highest BCUT2D eigenvalue weighted by Crippen LogP contribution is 2.25. The highest BCUT2D eigenvalue weighted by molar-refractivity contribution is 5.39. The van der Waals surface area contributed by atoms with E-state index in [1.165, 1.54) is 17.2 Å². The van der Waals surface area contributed by atoms with E-state index in [1.807, 2.05) is 6.07 Å². The van der Waals surface area contributed by atoms with Crippen LogP contribution in [0.25, 0.3) is 0 Å². The number of hydrogen-bond acceptors (Lipinski definition) is 5. The molecule has 6 heteroatoms. The molecular formula is C31H39FN2O3. The van der Waals surface area contributed by atoms with Gasteiger partial charge in [0.1, 0.15) is 30.5 Å². The topological polar surface area (TPSA) is 34.2 Å². The third-order valence-corrected chi connectivity index (χ3v) is 6.78. The molecule has 2 bridgehead atoms. The Kier molecular flexibility index (Phi) is 10.4. The number of halogens is 1. The number of benzene rings is 3. The number of rotatable bonds is 8. The number of ether oxygens (including phenoxy) is 3. The predicted octanol–water partition coefficient (Wildman–Crippen LogP) is 5.55. The second-order valence-electron chi connectivity index (χ2n) is 9.40. The van der Waals surface area contributed by atoms with Crippen LogP contribution < -0.4 is 9.47 Å². The summed E-state index contributed by atoms with van der Waals surface area (Å²) in [4.78, 5) is 4.76. The molecule has 5 nitrogen and oxygen atoms in total. The Hall–Kier alpha value is -2.93. The maximum atomic E-state index is 14.0. The number of likely N-dealkylation sites (N-methyl/N-ethyl adjacent to an activating group) is 1. The minimum absolute atomic E-state index is 0.250. The zero-order valence-corrected chi connectivity index (χ0v) is 22.1. The van der Waals surface area contributed by atoms with Crippen molar-refractivity contribution in [3.8, 4) is 11.5 Å². The number of hydrogen-bond donors (Lipinski definition) is 0. The van der Waals surface area contributed by atoms with Crippen LogP contribution in [-0.2, 0) is 24.2 Å². The molecule has 0 fully saturated rings. The number of fused-ring (bicyclic) bond motifs is 3. The number of para-hydroxylation sites is 1. The van der Waals surface area contributed by atoms with Crippen molar-refractivity contribution in [1.29, 1.82) is 0 Å². The Balaban J connectivity index is 1.50. The van der Waals surface area contributed by atoms with Gasteiger partial charge in [0.2, 0.25) is 0 Å². The van der Waals surface area contributed by atoms with E-state index in [9.17, 15) is 4.39 Å². The third-order valence-electron chi connectivity index (χ3n) is 6.78. The molecule has 198 valence electrons. The Bertz CT molecular complexity index is 1120. The van der Waals surface area contributed by atoms with Crippen molar-refractivity contribution >= 4 is 0 Å². The molecule has 1 aliphatic heterocycles. The van der Waals surface area contributed by atoms with E-state index in [0.29, 0.717) is 38.6 Å². The van der Waals surface area contributed by atoms with E-state index in [1.54, 1.807) is 12.1 Å². The van der Waals surface area contributed by atoms with Crippen molar-refractivity contribution in [1.82, 2.24) is 9.80 Å². The second kappa shape index (κ2) is 14.1. The van der Waals surface area contributed by atoms with Gasteiger partial charge in [-0.1, -0.05) is 56.3 Å². The average molecular weight is 507 g/mol. The molecule has 37 heavy (non-hydrogen) atoms. The van der Waals surface area contributed by atoms with Gasteiger partial charge in [-0.25, -0.2) is 4.39 Å². The second-order valence-corrected chi connectivity index (χ2v) is 9.40. The highest BCUT2D eigenvalue weighted by Gasteiger charge is 2.14. The average Bonchev–Trinajstić information content (AvgIpc) is 2.90. The van der Waals surface area contributed by atoms with Gasteiger partial charge in [-0.3, -0.25) is 4.90 Å². The van der Waals surface area contributed by atoms with Gasteiger partial charge in [-0.2, -0.15) is 0 Å². The van der Waals surface area contributed by atoms with E-state index in [2.05, 4.69) is 66.1 Å². The summed E-state index contributed by atoms with van der Waals surface area (Å²) in [6, 6.07) is 21.6. The molecule has 1 aliphatic rings. The highest BCUT2D eigenvalue weighted by atomic mass is 19.1. The predicted molar refractivity (Wildman–Crippen MR) is 146 cm³/mol. The molecular weight excluding hydrogens is 467 g/mol. The monoisotopic (exact) mass is 506 g/mol. The van der Waals surface area contributed by atoms with Crippen molar-refractivity contribution in [2.75, 3.05) is 52.6 Å². The van der Waals surface area contributed by atoms with Gasteiger partial charge in [-0.15, -0.1) is 0 Å². The molecule has 0 atom stereocenters. The van der Waals surface area contributed by atoms with Crippen LogP contribution in [0.15, 0.2) is 66.7 Å². The molecule has 0 saturated carbocycles. The summed E-state index contributed by atoms with van der Waals surface area (Å²) < 4.78 is 32.1. The zero-order chi connectivity index (χ0) is 25.9. The van der Waals surface area contributed by atoms with E-state index < -0.39 is 0 Å². The van der Waals surface area contributed by atoms with Crippen LogP contribution in [0.1, 0.15) is 36.1 Å². The lowest BCUT2D eigenvalue weighted by Gasteiger charge is -2.25. The van der Waals surface area contributed by atoms with Crippen molar-refractivity contribution in [3.63, 3.8) is 0 Å². The molecule has 0 unspecified atom stereocenters. The Morgan fingerprint density at radius 2 is 1.76 bits per heavy atom. The van der Waals surface area contributed by atoms with E-state index in [0.717, 1.165) is 56.1 Å². The first-order valence-electron chi connectivity index (χ1n) is 13.4. The summed E-state index contributed by atoms with van der Waals surface area (Å²) in [6.07, 6.45) is 0.616. The van der Waals surface area contributed by atoms with Crippen molar-refractivity contribution in [3.05, 3.63) is 94.8 Å². The SMILES string of the molecule is CCN(CC)CCOc1ccccc1CN1CCOCCOc2ccc(F)cc2Cc2cccc(c2)C1. The van der Waals surface area contributed by atoms with Crippen LogP contribution in [0, 0.1) is 5.82 Å². The van der Waals surface area contributed by atoms with Crippen molar-refractivity contribution in [2.24, 2.45) is 0 Å². The van der Waals surface area contributed by atoms with Crippen molar-refractivity contribution in [2.45, 2.75) is 33.4 Å². The van der Waals surface area contributed by atoms with Gasteiger partial charge in [0.05, 0.1) is 13.2 Å². The lowest BCUT2D eigenvalue weighted by atomic mass is 10.0. The molecule has 4 rings (SSSR count). The number of nitrogens with zero attached hydrogens (tertiary/aromatic N) is 2. The summed E-state index contributed by atoms with van der Waals surface area (Å²) in [6.45, 7) is 11.9. The first kappa shape index (κ1) is 27.1. The fourth-order valence-electron chi connectivity index (χ4n) is 4.70. The Morgan fingerprint density at radius 3 is 2.62 bits per heavy atom. The van der Waals surface area contributed by atoms with Crippen molar-refractivity contribution < 1.29 is 18.6 Å². The first-order valence-corrected chi connectivity index (χ1v) is 13.4. The van der Waals surface area contributed by atoms with Crippen LogP contribution in [-0.4, -0.2) is 62.4 Å². The van der Waals surface area contributed by atoms with E-state index in [-0.39, 0.29) is 5.82 Å². The van der Waals surface area contributed by atoms with Gasteiger partial charge in [-0.05, 0) is 48.5 Å². The standard InChI is InChI=1S/C31H39FN2O3/c1-3-33(4-2)15-17-36-30-11-6-5-10-27(30)24-34-14-16-35-18-19-37-31-13-12-29(32)22-28(31)21-25-8-7-9-26(20-25)23-34/h5-13,20,22H,3-4,14-19,21,23-24H2,1-2H3. The lowest BCUT2D eigenvalue weighted by molar-refractivity contribution is 0.0754. The Morgan fingerprint density at radius 1 is 0.919 bits per heavy atom. The van der Waals surface area contributed by atoms with Gasteiger partial charge in [0.25, 0.3) is 0 Å². The summed E-state index contributed by atoms with van der Waals surface area (Å²) >= 11 is 0. The van der Waals surface area contributed by atoms with Gasteiger partial charge >= 0.3 is 0 Å². The normalized spacial score (nSPS) is 15.0. The zero-order valence-electron chi connectivity index (χ0n) is 22.1. The van der Waals surface area contributed by atoms with Gasteiger partial charge < -0.3 is 19.1 Å². The van der Waals surface area contributed by atoms with E-state index in [4.69, 9.17) is 14.2 Å². The van der Waals surface area contributed by atoms with Crippen LogP contribution in [0.4, 0.5) is 4.39 Å². The molecule has 0 amide bonds. The summed E-state index contributed by atoms with van der Waals surface area (Å²) in [5.74, 6) is 1.41. The maximum Gasteiger partial charge on any atom is 0.123 e. The molecule has 1 heterocycles. The van der Waals surface area contributed by atoms with Crippen LogP contribution in [0.5, 0.6) is 11.5 Å². The van der Waals surface area contributed by atoms with Crippen LogP contribution in [0.3, 0.4) is 0 Å². The molecule has 0 saturated heterocycles. The molecule has 3 aromatic carbocycles. The first-order chi connectivity index (χ1) is 18.1. The quantitative estimate of drug-likeness (QED) is 0.400. The summed E-state index contributed by atoms with van der Waals surface area (Å²) in [5, 5.41) is 0. The maximum absolute atomic E-state index is 14.0. The molecule has 0 aliphatic carbocycles. The summed E-state index contributed by atoms with van der Waals surface area (Å²) in [7, 11) is 0. The molecule has 0 N–H and O–H groups in total. The summed E-state index contributed by atoms with van der Waals surface area (Å²) in [5.41, 5.74) is 4.38. The minimum Gasteiger partial charge on any atom is -0.492 e. The smallest absolute Gasteiger partial charge is 0.123 e. The Labute approximate surface area is 220 Å². The fourth-order valence-corrected chi connectivity index (χ4v) is 4.70. The van der Waals surface area contributed by atoms with Crippen LogP contribution >= 0.6 is 0 Å². The van der Waals surface area contributed by atoms with Crippen LogP contribution in [0.2, 0.25) is 0 Å². The minimum atomic E-state index is -0.250. The fraction of sp³-hybridized carbons (Fsp3) is 0.419.